The fourth-order valence-electron chi connectivity index (χ4n) is 1.94. The van der Waals surface area contributed by atoms with Gasteiger partial charge in [-0.05, 0) is 39.0 Å². The molecule has 1 unspecified atom stereocenters. The van der Waals surface area contributed by atoms with E-state index in [1.807, 2.05) is 18.7 Å². The summed E-state index contributed by atoms with van der Waals surface area (Å²) in [6.07, 6.45) is 3.89. The van der Waals surface area contributed by atoms with E-state index < -0.39 is 0 Å². The van der Waals surface area contributed by atoms with E-state index in [4.69, 9.17) is 4.74 Å². The molecule has 4 nitrogen and oxygen atoms in total. The van der Waals surface area contributed by atoms with Gasteiger partial charge in [-0.1, -0.05) is 0 Å². The fourth-order valence-corrected chi connectivity index (χ4v) is 1.94. The molecule has 1 aliphatic carbocycles. The number of rotatable bonds is 4. The van der Waals surface area contributed by atoms with Crippen LogP contribution in [0.1, 0.15) is 33.1 Å². The number of carbonyl (C=O) groups is 1. The van der Waals surface area contributed by atoms with E-state index in [-0.39, 0.29) is 18.2 Å². The Labute approximate surface area is 97.3 Å². The molecule has 0 aromatic rings. The molecule has 1 N–H and O–H groups in total. The van der Waals surface area contributed by atoms with Crippen molar-refractivity contribution in [2.24, 2.45) is 5.92 Å². The van der Waals surface area contributed by atoms with Gasteiger partial charge in [0.25, 0.3) is 0 Å². The van der Waals surface area contributed by atoms with Gasteiger partial charge in [-0.15, -0.1) is 0 Å². The lowest BCUT2D eigenvalue weighted by atomic mass is 10.3. The molecule has 16 heavy (non-hydrogen) atoms. The van der Waals surface area contributed by atoms with Gasteiger partial charge in [0.2, 0.25) is 0 Å². The molecule has 2 amide bonds. The number of nitrogens with zero attached hydrogens (tertiary/aromatic N) is 1. The zero-order valence-electron chi connectivity index (χ0n) is 10.2. The quantitative estimate of drug-likeness (QED) is 0.791. The molecule has 1 heterocycles. The first-order valence-electron chi connectivity index (χ1n) is 6.32. The molecule has 0 bridgehead atoms. The minimum atomic E-state index is 0.0486. The highest BCUT2D eigenvalue weighted by molar-refractivity contribution is 5.74. The molecule has 2 aliphatic rings. The third-order valence-electron chi connectivity index (χ3n) is 3.11. The Morgan fingerprint density at radius 3 is 2.81 bits per heavy atom. The molecule has 1 saturated carbocycles. The van der Waals surface area contributed by atoms with E-state index in [2.05, 4.69) is 5.32 Å². The predicted molar refractivity (Wildman–Crippen MR) is 62.3 cm³/mol. The maximum Gasteiger partial charge on any atom is 0.317 e. The summed E-state index contributed by atoms with van der Waals surface area (Å²) in [6, 6.07) is 0.256. The maximum absolute atomic E-state index is 11.7. The van der Waals surface area contributed by atoms with Crippen molar-refractivity contribution >= 4 is 6.03 Å². The average Bonchev–Trinajstić information content (AvgIpc) is 2.92. The van der Waals surface area contributed by atoms with E-state index in [0.29, 0.717) is 0 Å². The smallest absolute Gasteiger partial charge is 0.317 e. The number of amides is 2. The molecule has 0 spiro atoms. The summed E-state index contributed by atoms with van der Waals surface area (Å²) < 4.78 is 5.79. The van der Waals surface area contributed by atoms with Crippen LogP contribution in [0.2, 0.25) is 0 Å². The topological polar surface area (TPSA) is 41.6 Å². The molecule has 1 saturated heterocycles. The SMILES string of the molecule is CC(C)NC(=O)N1CCC(OCC2CC2)C1. The summed E-state index contributed by atoms with van der Waals surface area (Å²) in [4.78, 5) is 13.6. The summed E-state index contributed by atoms with van der Waals surface area (Å²) in [5.74, 6) is 0.804. The van der Waals surface area contributed by atoms with E-state index in [0.717, 1.165) is 32.0 Å². The van der Waals surface area contributed by atoms with Crippen molar-refractivity contribution in [3.05, 3.63) is 0 Å². The number of hydrogen-bond acceptors (Lipinski definition) is 2. The fraction of sp³-hybridized carbons (Fsp3) is 0.917. The highest BCUT2D eigenvalue weighted by Gasteiger charge is 2.29. The summed E-state index contributed by atoms with van der Waals surface area (Å²) in [5, 5.41) is 2.91. The van der Waals surface area contributed by atoms with Crippen LogP contribution in [0, 0.1) is 5.92 Å². The molecule has 2 fully saturated rings. The first kappa shape index (κ1) is 11.7. The van der Waals surface area contributed by atoms with Crippen LogP contribution in [0.4, 0.5) is 4.79 Å². The molecular weight excluding hydrogens is 204 g/mol. The van der Waals surface area contributed by atoms with Gasteiger partial charge in [-0.2, -0.15) is 0 Å². The minimum absolute atomic E-state index is 0.0486. The summed E-state index contributed by atoms with van der Waals surface area (Å²) in [7, 11) is 0. The normalized spacial score (nSPS) is 25.2. The highest BCUT2D eigenvalue weighted by atomic mass is 16.5. The Hall–Kier alpha value is -0.770. The van der Waals surface area contributed by atoms with Crippen LogP contribution in [-0.2, 0) is 4.74 Å². The largest absolute Gasteiger partial charge is 0.376 e. The van der Waals surface area contributed by atoms with Crippen molar-refractivity contribution in [2.45, 2.75) is 45.3 Å². The van der Waals surface area contributed by atoms with Crippen LogP contribution in [0.15, 0.2) is 0 Å². The van der Waals surface area contributed by atoms with Crippen molar-refractivity contribution in [3.63, 3.8) is 0 Å². The number of hydrogen-bond donors (Lipinski definition) is 1. The molecule has 0 aromatic heterocycles. The van der Waals surface area contributed by atoms with Crippen molar-refractivity contribution in [3.8, 4) is 0 Å². The van der Waals surface area contributed by atoms with Crippen molar-refractivity contribution in [2.75, 3.05) is 19.7 Å². The summed E-state index contributed by atoms with van der Waals surface area (Å²) in [6.45, 7) is 6.44. The molecule has 2 rings (SSSR count). The molecule has 4 heteroatoms. The number of carbonyl (C=O) groups excluding carboxylic acids is 1. The van der Waals surface area contributed by atoms with Crippen LogP contribution < -0.4 is 5.32 Å². The van der Waals surface area contributed by atoms with Crippen molar-refractivity contribution in [1.29, 1.82) is 0 Å². The van der Waals surface area contributed by atoms with Gasteiger partial charge in [-0.3, -0.25) is 0 Å². The minimum Gasteiger partial charge on any atom is -0.376 e. The number of urea groups is 1. The molecule has 0 radical (unpaired) electrons. The lowest BCUT2D eigenvalue weighted by molar-refractivity contribution is 0.0538. The molecular formula is C12H22N2O2. The number of likely N-dealkylation sites (tertiary alicyclic amines) is 1. The van der Waals surface area contributed by atoms with Gasteiger partial charge < -0.3 is 15.0 Å². The second kappa shape index (κ2) is 5.04. The second-order valence-corrected chi connectivity index (χ2v) is 5.24. The van der Waals surface area contributed by atoms with Gasteiger partial charge in [0, 0.05) is 25.7 Å². The Kier molecular flexibility index (Phi) is 3.69. The van der Waals surface area contributed by atoms with Gasteiger partial charge in [-0.25, -0.2) is 4.79 Å². The number of nitrogens with one attached hydrogen (secondary N) is 1. The van der Waals surface area contributed by atoms with Gasteiger partial charge in [0.05, 0.1) is 6.10 Å². The lowest BCUT2D eigenvalue weighted by Crippen LogP contribution is -2.42. The van der Waals surface area contributed by atoms with Crippen molar-refractivity contribution < 1.29 is 9.53 Å². The van der Waals surface area contributed by atoms with Crippen LogP contribution in [0.5, 0.6) is 0 Å². The number of ether oxygens (including phenoxy) is 1. The summed E-state index contributed by atoms with van der Waals surface area (Å²) >= 11 is 0. The predicted octanol–water partition coefficient (Wildman–Crippen LogP) is 1.61. The Bertz CT molecular complexity index is 251. The first-order valence-corrected chi connectivity index (χ1v) is 6.32. The third kappa shape index (κ3) is 3.37. The van der Waals surface area contributed by atoms with E-state index in [1.165, 1.54) is 12.8 Å². The third-order valence-corrected chi connectivity index (χ3v) is 3.11. The molecule has 92 valence electrons. The monoisotopic (exact) mass is 226 g/mol. The van der Waals surface area contributed by atoms with Crippen LogP contribution in [0.3, 0.4) is 0 Å². The van der Waals surface area contributed by atoms with Crippen LogP contribution >= 0.6 is 0 Å². The zero-order valence-corrected chi connectivity index (χ0v) is 10.2. The van der Waals surface area contributed by atoms with Gasteiger partial charge >= 0.3 is 6.03 Å². The Morgan fingerprint density at radius 1 is 1.44 bits per heavy atom. The van der Waals surface area contributed by atoms with Crippen molar-refractivity contribution in [1.82, 2.24) is 10.2 Å². The van der Waals surface area contributed by atoms with E-state index in [9.17, 15) is 4.79 Å². The highest BCUT2D eigenvalue weighted by Crippen LogP contribution is 2.29. The first-order chi connectivity index (χ1) is 7.65. The maximum atomic E-state index is 11.7. The molecule has 1 aliphatic heterocycles. The van der Waals surface area contributed by atoms with Gasteiger partial charge in [0.15, 0.2) is 0 Å². The van der Waals surface area contributed by atoms with Crippen LogP contribution in [-0.4, -0.2) is 42.8 Å². The van der Waals surface area contributed by atoms with Gasteiger partial charge in [0.1, 0.15) is 0 Å². The molecule has 0 aromatic carbocycles. The Morgan fingerprint density at radius 2 is 2.19 bits per heavy atom. The Balaban J connectivity index is 1.67. The van der Waals surface area contributed by atoms with E-state index in [1.54, 1.807) is 0 Å². The van der Waals surface area contributed by atoms with E-state index >= 15 is 0 Å². The second-order valence-electron chi connectivity index (χ2n) is 5.24. The lowest BCUT2D eigenvalue weighted by Gasteiger charge is -2.19. The standard InChI is InChI=1S/C12H22N2O2/c1-9(2)13-12(15)14-6-5-11(7-14)16-8-10-3-4-10/h9-11H,3-8H2,1-2H3,(H,13,15). The molecule has 1 atom stereocenters. The van der Waals surface area contributed by atoms with Crippen LogP contribution in [0.25, 0.3) is 0 Å². The average molecular weight is 226 g/mol. The summed E-state index contributed by atoms with van der Waals surface area (Å²) in [5.41, 5.74) is 0. The zero-order chi connectivity index (χ0) is 11.5.